The Bertz CT molecular complexity index is 779. The van der Waals surface area contributed by atoms with Crippen molar-refractivity contribution >= 4 is 35.3 Å². The summed E-state index contributed by atoms with van der Waals surface area (Å²) in [6, 6.07) is 9.27. The molecule has 0 unspecified atom stereocenters. The fourth-order valence-electron chi connectivity index (χ4n) is 1.84. The van der Waals surface area contributed by atoms with Crippen molar-refractivity contribution in [1.29, 1.82) is 0 Å². The minimum Gasteiger partial charge on any atom is -0.478 e. The molecule has 24 heavy (non-hydrogen) atoms. The van der Waals surface area contributed by atoms with E-state index in [0.29, 0.717) is 11.3 Å². The third-order valence-electron chi connectivity index (χ3n) is 2.91. The van der Waals surface area contributed by atoms with E-state index in [0.717, 1.165) is 11.8 Å². The number of methoxy groups -OCH3 is 1. The van der Waals surface area contributed by atoms with Crippen LogP contribution in [0.4, 0.5) is 5.69 Å². The normalized spacial score (nSPS) is 10.0. The van der Waals surface area contributed by atoms with Crippen molar-refractivity contribution < 1.29 is 24.2 Å². The number of carboxylic acids is 1. The van der Waals surface area contributed by atoms with Crippen LogP contribution in [-0.2, 0) is 9.53 Å². The summed E-state index contributed by atoms with van der Waals surface area (Å²) in [7, 11) is 1.27. The fraction of sp³-hybridized carbons (Fsp3) is 0.125. The minimum absolute atomic E-state index is 0.0141. The summed E-state index contributed by atoms with van der Waals surface area (Å²) in [5, 5.41) is 12.0. The molecule has 7 nitrogen and oxygen atoms in total. The molecule has 0 aliphatic carbocycles. The van der Waals surface area contributed by atoms with E-state index in [9.17, 15) is 14.4 Å². The van der Waals surface area contributed by atoms with Crippen LogP contribution in [0.1, 0.15) is 20.7 Å². The maximum absolute atomic E-state index is 12.0. The molecule has 0 saturated carbocycles. The number of hydrogen-bond donors (Lipinski definition) is 2. The Kier molecular flexibility index (Phi) is 5.91. The molecule has 0 aliphatic heterocycles. The number of rotatable bonds is 6. The van der Waals surface area contributed by atoms with Gasteiger partial charge in [-0.15, -0.1) is 0 Å². The number of thioether (sulfide) groups is 1. The minimum atomic E-state index is -1.10. The summed E-state index contributed by atoms with van der Waals surface area (Å²) in [6.45, 7) is 0. The summed E-state index contributed by atoms with van der Waals surface area (Å²) in [5.41, 5.74) is 0.812. The number of ether oxygens (including phenoxy) is 1. The van der Waals surface area contributed by atoms with Gasteiger partial charge in [-0.25, -0.2) is 14.6 Å². The summed E-state index contributed by atoms with van der Waals surface area (Å²) >= 11 is 1.02. The van der Waals surface area contributed by atoms with Gasteiger partial charge in [-0.3, -0.25) is 4.79 Å². The number of nitrogens with zero attached hydrogens (tertiary/aromatic N) is 1. The summed E-state index contributed by atoms with van der Waals surface area (Å²) < 4.78 is 4.62. The number of anilines is 1. The van der Waals surface area contributed by atoms with Crippen LogP contribution in [0.15, 0.2) is 47.6 Å². The molecule has 2 aromatic rings. The lowest BCUT2D eigenvalue weighted by Gasteiger charge is -2.07. The molecule has 124 valence electrons. The third kappa shape index (κ3) is 4.56. The molecule has 0 bridgehead atoms. The zero-order valence-electron chi connectivity index (χ0n) is 12.7. The molecule has 0 atom stereocenters. The number of carbonyl (C=O) groups is 3. The van der Waals surface area contributed by atoms with Gasteiger partial charge in [0.2, 0.25) is 5.91 Å². The molecule has 2 rings (SSSR count). The first kappa shape index (κ1) is 17.5. The van der Waals surface area contributed by atoms with Crippen molar-refractivity contribution in [3.63, 3.8) is 0 Å². The van der Waals surface area contributed by atoms with Crippen LogP contribution in [-0.4, -0.2) is 40.8 Å². The lowest BCUT2D eigenvalue weighted by atomic mass is 10.2. The smallest absolute Gasteiger partial charge is 0.338 e. The van der Waals surface area contributed by atoms with Crippen molar-refractivity contribution in [2.45, 2.75) is 5.03 Å². The highest BCUT2D eigenvalue weighted by atomic mass is 32.2. The molecule has 0 saturated heterocycles. The number of amides is 1. The average Bonchev–Trinajstić information content (AvgIpc) is 2.59. The van der Waals surface area contributed by atoms with Crippen molar-refractivity contribution in [3.05, 3.63) is 53.7 Å². The number of carbonyl (C=O) groups excluding carboxylic acids is 2. The Morgan fingerprint density at radius 2 is 2.04 bits per heavy atom. The van der Waals surface area contributed by atoms with Gasteiger partial charge in [0.05, 0.1) is 24.0 Å². The van der Waals surface area contributed by atoms with E-state index < -0.39 is 11.9 Å². The van der Waals surface area contributed by atoms with Gasteiger partial charge in [0.25, 0.3) is 0 Å². The molecular weight excluding hydrogens is 332 g/mol. The monoisotopic (exact) mass is 346 g/mol. The quantitative estimate of drug-likeness (QED) is 0.610. The Balaban J connectivity index is 1.99. The lowest BCUT2D eigenvalue weighted by molar-refractivity contribution is -0.113. The first-order chi connectivity index (χ1) is 11.5. The van der Waals surface area contributed by atoms with E-state index in [2.05, 4.69) is 15.0 Å². The number of hydrogen-bond acceptors (Lipinski definition) is 6. The van der Waals surface area contributed by atoms with Crippen LogP contribution in [0.5, 0.6) is 0 Å². The summed E-state index contributed by atoms with van der Waals surface area (Å²) in [6.07, 6.45) is 1.46. The van der Waals surface area contributed by atoms with Crippen molar-refractivity contribution in [3.8, 4) is 0 Å². The van der Waals surface area contributed by atoms with Crippen molar-refractivity contribution in [1.82, 2.24) is 4.98 Å². The van der Waals surface area contributed by atoms with Crippen molar-refractivity contribution in [2.75, 3.05) is 18.2 Å². The van der Waals surface area contributed by atoms with E-state index in [1.54, 1.807) is 18.2 Å². The third-order valence-corrected chi connectivity index (χ3v) is 3.91. The molecule has 0 aliphatic rings. The number of esters is 1. The second kappa shape index (κ2) is 8.11. The molecule has 8 heteroatoms. The van der Waals surface area contributed by atoms with E-state index in [1.807, 2.05) is 0 Å². The topological polar surface area (TPSA) is 106 Å². The highest BCUT2D eigenvalue weighted by Crippen LogP contribution is 2.20. The summed E-state index contributed by atoms with van der Waals surface area (Å²) in [4.78, 5) is 38.5. The van der Waals surface area contributed by atoms with E-state index in [1.165, 1.54) is 31.5 Å². The first-order valence-electron chi connectivity index (χ1n) is 6.80. The van der Waals surface area contributed by atoms with Gasteiger partial charge >= 0.3 is 11.9 Å². The zero-order valence-corrected chi connectivity index (χ0v) is 13.5. The molecule has 1 amide bonds. The number of carboxylic acid groups (broad SMARTS) is 1. The molecule has 0 fully saturated rings. The van der Waals surface area contributed by atoms with Gasteiger partial charge in [-0.05, 0) is 30.3 Å². The molecule has 1 aromatic carbocycles. The number of nitrogens with one attached hydrogen (secondary N) is 1. The Morgan fingerprint density at radius 3 is 2.75 bits per heavy atom. The van der Waals surface area contributed by atoms with Gasteiger partial charge in [0, 0.05) is 11.9 Å². The second-order valence-corrected chi connectivity index (χ2v) is 5.53. The molecule has 1 heterocycles. The zero-order chi connectivity index (χ0) is 17.5. The highest BCUT2D eigenvalue weighted by Gasteiger charge is 2.13. The number of aromatic carboxylic acids is 1. The number of aromatic nitrogens is 1. The van der Waals surface area contributed by atoms with Crippen LogP contribution >= 0.6 is 11.8 Å². The van der Waals surface area contributed by atoms with Gasteiger partial charge in [0.1, 0.15) is 5.03 Å². The maximum atomic E-state index is 12.0. The molecule has 0 radical (unpaired) electrons. The predicted molar refractivity (Wildman–Crippen MR) is 88.3 cm³/mol. The van der Waals surface area contributed by atoms with Crippen LogP contribution in [0.2, 0.25) is 0 Å². The molecular formula is C16H14N2O5S. The van der Waals surface area contributed by atoms with Crippen molar-refractivity contribution in [2.24, 2.45) is 0 Å². The van der Waals surface area contributed by atoms with Gasteiger partial charge in [-0.2, -0.15) is 0 Å². The molecule has 0 spiro atoms. The van der Waals surface area contributed by atoms with E-state index in [4.69, 9.17) is 5.11 Å². The standard InChI is InChI=1S/C16H14N2O5S/c1-23-16(22)10-4-2-5-11(8-10)18-13(19)9-24-14-12(15(20)21)6-3-7-17-14/h2-8H,9H2,1H3,(H,18,19)(H,20,21). The highest BCUT2D eigenvalue weighted by molar-refractivity contribution is 8.00. The number of benzene rings is 1. The maximum Gasteiger partial charge on any atom is 0.338 e. The van der Waals surface area contributed by atoms with E-state index in [-0.39, 0.29) is 22.2 Å². The predicted octanol–water partition coefficient (Wildman–Crippen LogP) is 2.30. The summed E-state index contributed by atoms with van der Waals surface area (Å²) in [5.74, 6) is -1.96. The first-order valence-corrected chi connectivity index (χ1v) is 7.79. The van der Waals surface area contributed by atoms with Crippen LogP contribution < -0.4 is 5.32 Å². The Morgan fingerprint density at radius 1 is 1.25 bits per heavy atom. The van der Waals surface area contributed by atoms with Crippen LogP contribution in [0.3, 0.4) is 0 Å². The Hall–Kier alpha value is -2.87. The molecule has 1 aromatic heterocycles. The van der Waals surface area contributed by atoms with Crippen LogP contribution in [0.25, 0.3) is 0 Å². The number of pyridine rings is 1. The van der Waals surface area contributed by atoms with Gasteiger partial charge in [0.15, 0.2) is 0 Å². The molecule has 2 N–H and O–H groups in total. The second-order valence-electron chi connectivity index (χ2n) is 4.57. The van der Waals surface area contributed by atoms with E-state index >= 15 is 0 Å². The fourth-order valence-corrected chi connectivity index (χ4v) is 2.63. The van der Waals surface area contributed by atoms with Gasteiger partial charge in [-0.1, -0.05) is 17.8 Å². The van der Waals surface area contributed by atoms with Crippen LogP contribution in [0, 0.1) is 0 Å². The average molecular weight is 346 g/mol. The van der Waals surface area contributed by atoms with Gasteiger partial charge < -0.3 is 15.2 Å². The lowest BCUT2D eigenvalue weighted by Crippen LogP contribution is -2.15. The SMILES string of the molecule is COC(=O)c1cccc(NC(=O)CSc2ncccc2C(=O)O)c1. The largest absolute Gasteiger partial charge is 0.478 e. The Labute approximate surface area is 142 Å².